The van der Waals surface area contributed by atoms with Crippen molar-refractivity contribution < 1.29 is 0 Å². The minimum absolute atomic E-state index is 0.279. The van der Waals surface area contributed by atoms with Crippen molar-refractivity contribution in [2.24, 2.45) is 0 Å². The van der Waals surface area contributed by atoms with E-state index in [-0.39, 0.29) is 6.04 Å². The smallest absolute Gasteiger partial charge is 0.183 e. The van der Waals surface area contributed by atoms with Crippen LogP contribution in [0.2, 0.25) is 0 Å². The average molecular weight is 344 g/mol. The molecule has 2 aliphatic rings. The Bertz CT molecular complexity index is 906. The van der Waals surface area contributed by atoms with Gasteiger partial charge in [-0.15, -0.1) is 0 Å². The molecule has 2 aromatic rings. The molecule has 0 amide bonds. The molecular formula is C20H20N6. The maximum Gasteiger partial charge on any atom is 0.183 e. The molecule has 0 aromatic carbocycles. The molecule has 0 spiro atoms. The topological polar surface area (TPSA) is 68.9 Å². The van der Waals surface area contributed by atoms with Gasteiger partial charge in [0.1, 0.15) is 11.8 Å². The van der Waals surface area contributed by atoms with Crippen molar-refractivity contribution in [3.63, 3.8) is 0 Å². The minimum atomic E-state index is 0.279. The second-order valence-electron chi connectivity index (χ2n) is 6.76. The first-order valence-electron chi connectivity index (χ1n) is 8.90. The average Bonchev–Trinajstić information content (AvgIpc) is 3.08. The third-order valence-electron chi connectivity index (χ3n) is 5.07. The Morgan fingerprint density at radius 1 is 1.12 bits per heavy atom. The number of nitrogens with zero attached hydrogens (tertiary/aromatic N) is 6. The Hall–Kier alpha value is -2.96. The molecule has 6 heteroatoms. The first kappa shape index (κ1) is 16.5. The molecule has 2 saturated heterocycles. The van der Waals surface area contributed by atoms with E-state index in [0.717, 1.165) is 38.2 Å². The van der Waals surface area contributed by atoms with E-state index >= 15 is 0 Å². The Labute approximate surface area is 153 Å². The summed E-state index contributed by atoms with van der Waals surface area (Å²) in [7, 11) is 0. The molecule has 0 unspecified atom stereocenters. The summed E-state index contributed by atoms with van der Waals surface area (Å²) in [6.45, 7) is 4.69. The van der Waals surface area contributed by atoms with Crippen LogP contribution in [0.15, 0.2) is 30.7 Å². The van der Waals surface area contributed by atoms with Gasteiger partial charge in [0.05, 0.1) is 6.04 Å². The second kappa shape index (κ2) is 7.11. The van der Waals surface area contributed by atoms with Gasteiger partial charge in [-0.1, -0.05) is 5.92 Å². The van der Waals surface area contributed by atoms with E-state index in [1.165, 1.54) is 5.56 Å². The highest BCUT2D eigenvalue weighted by molar-refractivity contribution is 5.50. The molecular weight excluding hydrogens is 324 g/mol. The van der Waals surface area contributed by atoms with Crippen molar-refractivity contribution in [1.29, 1.82) is 5.26 Å². The minimum Gasteiger partial charge on any atom is -0.351 e. The quantitative estimate of drug-likeness (QED) is 0.734. The van der Waals surface area contributed by atoms with Gasteiger partial charge in [0, 0.05) is 44.3 Å². The van der Waals surface area contributed by atoms with E-state index in [9.17, 15) is 5.26 Å². The zero-order valence-corrected chi connectivity index (χ0v) is 14.8. The fraction of sp³-hybridized carbons (Fsp3) is 0.400. The summed E-state index contributed by atoms with van der Waals surface area (Å²) in [5.41, 5.74) is 2.42. The molecule has 2 atom stereocenters. The van der Waals surface area contributed by atoms with Crippen LogP contribution in [0.1, 0.15) is 29.8 Å². The third kappa shape index (κ3) is 3.24. The first-order valence-corrected chi connectivity index (χ1v) is 8.90. The Balaban J connectivity index is 1.47. The van der Waals surface area contributed by atoms with E-state index in [1.54, 1.807) is 12.4 Å². The SMILES string of the molecule is Cc1ccnc(C#C[C@H]2CC[C@H]3CN(c4nccnc4C#N)CCN32)c1. The van der Waals surface area contributed by atoms with Crippen LogP contribution >= 0.6 is 0 Å². The molecule has 0 N–H and O–H groups in total. The van der Waals surface area contributed by atoms with Crippen LogP contribution in [0, 0.1) is 30.1 Å². The van der Waals surface area contributed by atoms with Crippen LogP contribution in [-0.2, 0) is 0 Å². The number of nitriles is 1. The highest BCUT2D eigenvalue weighted by Crippen LogP contribution is 2.29. The maximum absolute atomic E-state index is 9.26. The summed E-state index contributed by atoms with van der Waals surface area (Å²) in [5, 5.41) is 9.26. The number of aryl methyl sites for hydroxylation is 1. The third-order valence-corrected chi connectivity index (χ3v) is 5.07. The van der Waals surface area contributed by atoms with Gasteiger partial charge in [0.25, 0.3) is 0 Å². The molecule has 2 aliphatic heterocycles. The Morgan fingerprint density at radius 3 is 2.85 bits per heavy atom. The van der Waals surface area contributed by atoms with Gasteiger partial charge in [0.15, 0.2) is 11.5 Å². The van der Waals surface area contributed by atoms with Crippen LogP contribution < -0.4 is 4.90 Å². The molecule has 6 nitrogen and oxygen atoms in total. The second-order valence-corrected chi connectivity index (χ2v) is 6.76. The maximum atomic E-state index is 9.26. The summed E-state index contributed by atoms with van der Waals surface area (Å²) >= 11 is 0. The fourth-order valence-electron chi connectivity index (χ4n) is 3.80. The van der Waals surface area contributed by atoms with E-state index in [2.05, 4.69) is 49.6 Å². The predicted molar refractivity (Wildman–Crippen MR) is 98.3 cm³/mol. The van der Waals surface area contributed by atoms with E-state index < -0.39 is 0 Å². The Kier molecular flexibility index (Phi) is 4.51. The molecule has 130 valence electrons. The lowest BCUT2D eigenvalue weighted by atomic mass is 10.1. The zero-order chi connectivity index (χ0) is 17.9. The van der Waals surface area contributed by atoms with Gasteiger partial charge < -0.3 is 4.90 Å². The van der Waals surface area contributed by atoms with E-state index in [4.69, 9.17) is 0 Å². The fourth-order valence-corrected chi connectivity index (χ4v) is 3.80. The lowest BCUT2D eigenvalue weighted by Crippen LogP contribution is -2.52. The lowest BCUT2D eigenvalue weighted by molar-refractivity contribution is 0.202. The first-order chi connectivity index (χ1) is 12.7. The summed E-state index contributed by atoms with van der Waals surface area (Å²) < 4.78 is 0. The molecule has 2 aromatic heterocycles. The number of hydrogen-bond acceptors (Lipinski definition) is 6. The molecule has 0 radical (unpaired) electrons. The van der Waals surface area contributed by atoms with Crippen molar-refractivity contribution in [1.82, 2.24) is 19.9 Å². The Morgan fingerprint density at radius 2 is 2.00 bits per heavy atom. The standard InChI is InChI=1S/C20H20N6/c1-15-6-7-22-16(12-15)2-3-17-4-5-18-14-25(10-11-26(17)18)20-19(13-21)23-8-9-24-20/h6-9,12,17-18H,4-5,10-11,14H2,1H3/t17-,18-/m0/s1. The van der Waals surface area contributed by atoms with E-state index in [0.29, 0.717) is 17.6 Å². The predicted octanol–water partition coefficient (Wildman–Crippen LogP) is 1.76. The van der Waals surface area contributed by atoms with Crippen LogP contribution in [0.5, 0.6) is 0 Å². The van der Waals surface area contributed by atoms with Crippen LogP contribution in [0.4, 0.5) is 5.82 Å². The number of pyridine rings is 1. The number of fused-ring (bicyclic) bond motifs is 1. The van der Waals surface area contributed by atoms with Gasteiger partial charge in [-0.05, 0) is 43.4 Å². The summed E-state index contributed by atoms with van der Waals surface area (Å²) in [4.78, 5) is 17.5. The normalized spacial score (nSPS) is 22.2. The number of hydrogen-bond donors (Lipinski definition) is 0. The van der Waals surface area contributed by atoms with E-state index in [1.807, 2.05) is 18.3 Å². The lowest BCUT2D eigenvalue weighted by Gasteiger charge is -2.39. The van der Waals surface area contributed by atoms with Gasteiger partial charge in [0.2, 0.25) is 0 Å². The molecule has 4 heterocycles. The molecule has 0 bridgehead atoms. The molecule has 26 heavy (non-hydrogen) atoms. The van der Waals surface area contributed by atoms with Crippen molar-refractivity contribution in [3.8, 4) is 17.9 Å². The van der Waals surface area contributed by atoms with Gasteiger partial charge in [-0.2, -0.15) is 5.26 Å². The summed E-state index contributed by atoms with van der Waals surface area (Å²) in [6, 6.07) is 6.88. The highest BCUT2D eigenvalue weighted by Gasteiger charge is 2.37. The number of rotatable bonds is 1. The molecule has 4 rings (SSSR count). The summed E-state index contributed by atoms with van der Waals surface area (Å²) in [5.74, 6) is 7.36. The highest BCUT2D eigenvalue weighted by atomic mass is 15.3. The van der Waals surface area contributed by atoms with Crippen molar-refractivity contribution in [2.45, 2.75) is 31.8 Å². The van der Waals surface area contributed by atoms with Crippen molar-refractivity contribution >= 4 is 5.82 Å². The molecule has 0 saturated carbocycles. The summed E-state index contributed by atoms with van der Waals surface area (Å²) in [6.07, 6.45) is 7.21. The van der Waals surface area contributed by atoms with Crippen molar-refractivity contribution in [3.05, 3.63) is 47.7 Å². The van der Waals surface area contributed by atoms with Crippen LogP contribution in [-0.4, -0.2) is 51.6 Å². The van der Waals surface area contributed by atoms with Gasteiger partial charge in [-0.25, -0.2) is 15.0 Å². The van der Waals surface area contributed by atoms with Crippen LogP contribution in [0.3, 0.4) is 0 Å². The van der Waals surface area contributed by atoms with Gasteiger partial charge >= 0.3 is 0 Å². The van der Waals surface area contributed by atoms with Gasteiger partial charge in [-0.3, -0.25) is 4.90 Å². The number of anilines is 1. The van der Waals surface area contributed by atoms with Crippen molar-refractivity contribution in [2.75, 3.05) is 24.5 Å². The monoisotopic (exact) mass is 344 g/mol. The molecule has 0 aliphatic carbocycles. The zero-order valence-electron chi connectivity index (χ0n) is 14.8. The molecule has 2 fully saturated rings. The number of aromatic nitrogens is 3. The largest absolute Gasteiger partial charge is 0.351 e. The van der Waals surface area contributed by atoms with Crippen LogP contribution in [0.25, 0.3) is 0 Å². The number of piperazine rings is 1.